The Labute approximate surface area is 151 Å². The second-order valence-corrected chi connectivity index (χ2v) is 6.32. The van der Waals surface area contributed by atoms with Crippen molar-refractivity contribution in [3.05, 3.63) is 83.7 Å². The molecule has 0 aliphatic heterocycles. The molecule has 0 unspecified atom stereocenters. The van der Waals surface area contributed by atoms with Gasteiger partial charge in [0.05, 0.1) is 23.9 Å². The van der Waals surface area contributed by atoms with E-state index in [1.807, 2.05) is 62.4 Å². The first-order valence-corrected chi connectivity index (χ1v) is 8.47. The summed E-state index contributed by atoms with van der Waals surface area (Å²) < 4.78 is 7.51. The van der Waals surface area contributed by atoms with E-state index in [0.717, 1.165) is 33.7 Å². The minimum atomic E-state index is -0.118. The van der Waals surface area contributed by atoms with E-state index in [9.17, 15) is 4.79 Å². The molecule has 26 heavy (non-hydrogen) atoms. The lowest BCUT2D eigenvalue weighted by Crippen LogP contribution is -2.13. The molecule has 3 heterocycles. The molecule has 0 saturated heterocycles. The first-order valence-electron chi connectivity index (χ1n) is 8.47. The number of nitrogens with one attached hydrogen (secondary N) is 1. The van der Waals surface area contributed by atoms with Crippen molar-refractivity contribution in [2.45, 2.75) is 20.4 Å². The van der Waals surface area contributed by atoms with Crippen LogP contribution in [0.5, 0.6) is 0 Å². The van der Waals surface area contributed by atoms with Crippen LogP contribution in [-0.4, -0.2) is 15.5 Å². The molecule has 0 fully saturated rings. The Bertz CT molecular complexity index is 1080. The van der Waals surface area contributed by atoms with Crippen LogP contribution in [0.4, 0.5) is 5.69 Å². The van der Waals surface area contributed by atoms with Crippen molar-refractivity contribution >= 4 is 22.5 Å². The molecule has 4 aromatic rings. The van der Waals surface area contributed by atoms with E-state index < -0.39 is 0 Å². The van der Waals surface area contributed by atoms with E-state index in [4.69, 9.17) is 4.42 Å². The number of nitrogens with zero attached hydrogens (tertiary/aromatic N) is 2. The van der Waals surface area contributed by atoms with Gasteiger partial charge in [0.25, 0.3) is 5.91 Å². The summed E-state index contributed by atoms with van der Waals surface area (Å²) in [6.07, 6.45) is 3.42. The molecular formula is C21H19N3O2. The maximum Gasteiger partial charge on any atom is 0.257 e. The zero-order valence-electron chi connectivity index (χ0n) is 14.7. The van der Waals surface area contributed by atoms with E-state index in [0.29, 0.717) is 12.1 Å². The van der Waals surface area contributed by atoms with Gasteiger partial charge in [0.1, 0.15) is 5.76 Å². The molecule has 1 aromatic carbocycles. The third-order valence-corrected chi connectivity index (χ3v) is 4.57. The Kier molecular flexibility index (Phi) is 4.05. The molecule has 0 saturated carbocycles. The number of aromatic nitrogens is 2. The standard InChI is InChI=1S/C21H19N3O2/c1-14-11-19(15(2)24(14)13-18-6-4-10-26-18)21(25)23-17-7-8-20-16(12-17)5-3-9-22-20/h3-12H,13H2,1-2H3,(H,23,25). The minimum Gasteiger partial charge on any atom is -0.467 e. The first-order chi connectivity index (χ1) is 12.6. The average Bonchev–Trinajstić information content (AvgIpc) is 3.25. The van der Waals surface area contributed by atoms with E-state index in [-0.39, 0.29) is 5.91 Å². The van der Waals surface area contributed by atoms with Crippen molar-refractivity contribution in [3.8, 4) is 0 Å². The maximum absolute atomic E-state index is 12.8. The van der Waals surface area contributed by atoms with Crippen LogP contribution in [-0.2, 0) is 6.54 Å². The number of hydrogen-bond donors (Lipinski definition) is 1. The van der Waals surface area contributed by atoms with Gasteiger partial charge in [-0.1, -0.05) is 6.07 Å². The van der Waals surface area contributed by atoms with Crippen LogP contribution in [0.3, 0.4) is 0 Å². The molecule has 1 amide bonds. The Balaban J connectivity index is 1.59. The molecule has 4 rings (SSSR count). The normalized spacial score (nSPS) is 11.0. The molecule has 5 heteroatoms. The third-order valence-electron chi connectivity index (χ3n) is 4.57. The van der Waals surface area contributed by atoms with Crippen molar-refractivity contribution in [2.75, 3.05) is 5.32 Å². The molecule has 1 N–H and O–H groups in total. The molecule has 130 valence electrons. The number of amides is 1. The van der Waals surface area contributed by atoms with Gasteiger partial charge in [-0.05, 0) is 56.3 Å². The highest BCUT2D eigenvalue weighted by atomic mass is 16.3. The molecule has 0 atom stereocenters. The fraction of sp³-hybridized carbons (Fsp3) is 0.143. The smallest absolute Gasteiger partial charge is 0.257 e. The van der Waals surface area contributed by atoms with Gasteiger partial charge in [-0.25, -0.2) is 0 Å². The fourth-order valence-electron chi connectivity index (χ4n) is 3.18. The number of anilines is 1. The highest BCUT2D eigenvalue weighted by Gasteiger charge is 2.16. The Hall–Kier alpha value is -3.34. The van der Waals surface area contributed by atoms with Crippen LogP contribution in [0.1, 0.15) is 27.5 Å². The SMILES string of the molecule is Cc1cc(C(=O)Nc2ccc3ncccc3c2)c(C)n1Cc1ccco1. The van der Waals surface area contributed by atoms with Gasteiger partial charge in [-0.2, -0.15) is 0 Å². The van der Waals surface area contributed by atoms with Gasteiger partial charge in [0.2, 0.25) is 0 Å². The van der Waals surface area contributed by atoms with Crippen LogP contribution in [0.15, 0.2) is 65.4 Å². The Morgan fingerprint density at radius 1 is 1.15 bits per heavy atom. The topological polar surface area (TPSA) is 60.1 Å². The average molecular weight is 345 g/mol. The van der Waals surface area contributed by atoms with Crippen molar-refractivity contribution in [1.29, 1.82) is 0 Å². The van der Waals surface area contributed by atoms with Crippen molar-refractivity contribution in [3.63, 3.8) is 0 Å². The number of benzene rings is 1. The lowest BCUT2D eigenvalue weighted by atomic mass is 10.2. The molecule has 3 aromatic heterocycles. The van der Waals surface area contributed by atoms with Crippen LogP contribution in [0.2, 0.25) is 0 Å². The molecule has 5 nitrogen and oxygen atoms in total. The Morgan fingerprint density at radius 3 is 2.85 bits per heavy atom. The zero-order chi connectivity index (χ0) is 18.1. The second kappa shape index (κ2) is 6.52. The number of furan rings is 1. The summed E-state index contributed by atoms with van der Waals surface area (Å²) in [5.41, 5.74) is 4.26. The molecule has 0 aliphatic rings. The van der Waals surface area contributed by atoms with Gasteiger partial charge in [-0.3, -0.25) is 9.78 Å². The maximum atomic E-state index is 12.8. The van der Waals surface area contributed by atoms with E-state index in [2.05, 4.69) is 14.9 Å². The Morgan fingerprint density at radius 2 is 2.04 bits per heavy atom. The second-order valence-electron chi connectivity index (χ2n) is 6.32. The molecular weight excluding hydrogens is 326 g/mol. The predicted molar refractivity (Wildman–Crippen MR) is 101 cm³/mol. The van der Waals surface area contributed by atoms with Crippen LogP contribution in [0.25, 0.3) is 10.9 Å². The highest BCUT2D eigenvalue weighted by Crippen LogP contribution is 2.21. The lowest BCUT2D eigenvalue weighted by molar-refractivity contribution is 0.102. The largest absolute Gasteiger partial charge is 0.467 e. The summed E-state index contributed by atoms with van der Waals surface area (Å²) in [6.45, 7) is 4.56. The summed E-state index contributed by atoms with van der Waals surface area (Å²) in [5.74, 6) is 0.743. The summed E-state index contributed by atoms with van der Waals surface area (Å²) in [6, 6.07) is 15.3. The van der Waals surface area contributed by atoms with Crippen molar-refractivity contribution < 1.29 is 9.21 Å². The van der Waals surface area contributed by atoms with E-state index in [1.165, 1.54) is 0 Å². The minimum absolute atomic E-state index is 0.118. The third kappa shape index (κ3) is 2.99. The number of rotatable bonds is 4. The fourth-order valence-corrected chi connectivity index (χ4v) is 3.18. The quantitative estimate of drug-likeness (QED) is 0.590. The summed E-state index contributed by atoms with van der Waals surface area (Å²) in [4.78, 5) is 17.1. The van der Waals surface area contributed by atoms with Crippen LogP contribution in [0, 0.1) is 13.8 Å². The molecule has 0 aliphatic carbocycles. The number of hydrogen-bond acceptors (Lipinski definition) is 3. The number of pyridine rings is 1. The van der Waals surface area contributed by atoms with E-state index in [1.54, 1.807) is 12.5 Å². The highest BCUT2D eigenvalue weighted by molar-refractivity contribution is 6.06. The van der Waals surface area contributed by atoms with Gasteiger partial charge < -0.3 is 14.3 Å². The number of aryl methyl sites for hydroxylation is 1. The number of fused-ring (bicyclic) bond motifs is 1. The van der Waals surface area contributed by atoms with Crippen molar-refractivity contribution in [2.24, 2.45) is 0 Å². The monoisotopic (exact) mass is 345 g/mol. The van der Waals surface area contributed by atoms with Crippen molar-refractivity contribution in [1.82, 2.24) is 9.55 Å². The van der Waals surface area contributed by atoms with E-state index >= 15 is 0 Å². The van der Waals surface area contributed by atoms with Crippen LogP contribution >= 0.6 is 0 Å². The molecule has 0 spiro atoms. The first kappa shape index (κ1) is 16.1. The predicted octanol–water partition coefficient (Wildman–Crippen LogP) is 4.55. The summed E-state index contributed by atoms with van der Waals surface area (Å²) >= 11 is 0. The van der Waals surface area contributed by atoms with Gasteiger partial charge in [0.15, 0.2) is 0 Å². The van der Waals surface area contributed by atoms with Crippen LogP contribution < -0.4 is 5.32 Å². The lowest BCUT2D eigenvalue weighted by Gasteiger charge is -2.09. The molecule has 0 bridgehead atoms. The molecule has 0 radical (unpaired) electrons. The zero-order valence-corrected chi connectivity index (χ0v) is 14.7. The summed E-state index contributed by atoms with van der Waals surface area (Å²) in [5, 5.41) is 3.98. The number of carbonyl (C=O) groups excluding carboxylic acids is 1. The van der Waals surface area contributed by atoms with Gasteiger partial charge in [0, 0.05) is 28.7 Å². The number of carbonyl (C=O) groups is 1. The van der Waals surface area contributed by atoms with Gasteiger partial charge >= 0.3 is 0 Å². The summed E-state index contributed by atoms with van der Waals surface area (Å²) in [7, 11) is 0. The van der Waals surface area contributed by atoms with Gasteiger partial charge in [-0.15, -0.1) is 0 Å².